The summed E-state index contributed by atoms with van der Waals surface area (Å²) in [5, 5.41) is 13.9. The second-order valence-electron chi connectivity index (χ2n) is 9.78. The number of nitrogens with two attached hydrogens (primary N) is 1. The molecule has 32 heavy (non-hydrogen) atoms. The van der Waals surface area contributed by atoms with E-state index in [1.54, 1.807) is 0 Å². The number of hydrogen-bond acceptors (Lipinski definition) is 5. The third-order valence-corrected chi connectivity index (χ3v) is 5.72. The fourth-order valence-corrected chi connectivity index (χ4v) is 4.10. The van der Waals surface area contributed by atoms with E-state index in [4.69, 9.17) is 10.5 Å². The molecule has 1 aliphatic heterocycles. The SMILES string of the molecule is CC(C)(C)NC(=O)[C@@H]1C[C@@H](OCc2ccccc2)CN1C[C@@H](O)[C@@H](N)Cc1ccccc1. The summed E-state index contributed by atoms with van der Waals surface area (Å²) in [6.45, 7) is 7.34. The van der Waals surface area contributed by atoms with Crippen molar-refractivity contribution in [2.75, 3.05) is 13.1 Å². The van der Waals surface area contributed by atoms with Gasteiger partial charge in [-0.3, -0.25) is 9.69 Å². The number of hydrogen-bond donors (Lipinski definition) is 3. The third kappa shape index (κ3) is 7.41. The Bertz CT molecular complexity index is 838. The molecule has 0 aromatic heterocycles. The number of aliphatic hydroxyl groups is 1. The molecule has 1 heterocycles. The summed E-state index contributed by atoms with van der Waals surface area (Å²) in [7, 11) is 0. The number of nitrogens with zero attached hydrogens (tertiary/aromatic N) is 1. The molecule has 0 saturated carbocycles. The van der Waals surface area contributed by atoms with E-state index in [1.807, 2.05) is 86.3 Å². The van der Waals surface area contributed by atoms with Gasteiger partial charge in [-0.15, -0.1) is 0 Å². The number of ether oxygens (including phenoxy) is 1. The molecule has 1 aliphatic rings. The molecule has 174 valence electrons. The molecule has 0 unspecified atom stereocenters. The number of aliphatic hydroxyl groups excluding tert-OH is 1. The van der Waals surface area contributed by atoms with E-state index in [0.29, 0.717) is 32.5 Å². The number of nitrogens with one attached hydrogen (secondary N) is 1. The quantitative estimate of drug-likeness (QED) is 0.559. The van der Waals surface area contributed by atoms with Gasteiger partial charge in [0.25, 0.3) is 0 Å². The van der Waals surface area contributed by atoms with Gasteiger partial charge in [0.2, 0.25) is 5.91 Å². The van der Waals surface area contributed by atoms with Crippen LogP contribution in [0.15, 0.2) is 60.7 Å². The minimum Gasteiger partial charge on any atom is -0.390 e. The van der Waals surface area contributed by atoms with Crippen LogP contribution in [0, 0.1) is 0 Å². The van der Waals surface area contributed by atoms with Gasteiger partial charge in [0.05, 0.1) is 24.9 Å². The van der Waals surface area contributed by atoms with Gasteiger partial charge in [-0.05, 0) is 44.7 Å². The van der Waals surface area contributed by atoms with Crippen LogP contribution in [-0.2, 0) is 22.6 Å². The maximum absolute atomic E-state index is 13.0. The highest BCUT2D eigenvalue weighted by Gasteiger charge is 2.39. The summed E-state index contributed by atoms with van der Waals surface area (Å²) >= 11 is 0. The van der Waals surface area contributed by atoms with Gasteiger partial charge in [0.15, 0.2) is 0 Å². The van der Waals surface area contributed by atoms with Crippen LogP contribution in [0.3, 0.4) is 0 Å². The molecule has 0 bridgehead atoms. The van der Waals surface area contributed by atoms with E-state index in [2.05, 4.69) is 5.32 Å². The van der Waals surface area contributed by atoms with E-state index in [1.165, 1.54) is 0 Å². The topological polar surface area (TPSA) is 87.8 Å². The second kappa shape index (κ2) is 11.1. The van der Waals surface area contributed by atoms with Gasteiger partial charge in [-0.1, -0.05) is 60.7 Å². The molecule has 0 spiro atoms. The molecule has 3 rings (SSSR count). The number of rotatable bonds is 9. The van der Waals surface area contributed by atoms with Crippen molar-refractivity contribution < 1.29 is 14.6 Å². The van der Waals surface area contributed by atoms with E-state index in [-0.39, 0.29) is 23.6 Å². The van der Waals surface area contributed by atoms with E-state index in [9.17, 15) is 9.90 Å². The molecule has 0 radical (unpaired) electrons. The molecule has 1 fully saturated rings. The van der Waals surface area contributed by atoms with Crippen molar-refractivity contribution in [3.8, 4) is 0 Å². The molecule has 4 atom stereocenters. The van der Waals surface area contributed by atoms with Crippen molar-refractivity contribution in [2.45, 2.75) is 70.1 Å². The maximum Gasteiger partial charge on any atom is 0.237 e. The van der Waals surface area contributed by atoms with Crippen LogP contribution in [0.25, 0.3) is 0 Å². The van der Waals surface area contributed by atoms with E-state index >= 15 is 0 Å². The average Bonchev–Trinajstić information content (AvgIpc) is 3.15. The first-order chi connectivity index (χ1) is 15.2. The summed E-state index contributed by atoms with van der Waals surface area (Å²) in [4.78, 5) is 15.0. The standard InChI is InChI=1S/C26H37N3O3/c1-26(2,3)28-25(31)23-15-21(32-18-20-12-8-5-9-13-20)16-29(23)17-24(30)22(27)14-19-10-6-4-7-11-19/h4-13,21-24,30H,14-18,27H2,1-3H3,(H,28,31)/t21-,22+,23+,24-/m1/s1. The highest BCUT2D eigenvalue weighted by molar-refractivity contribution is 5.82. The first kappa shape index (κ1) is 24.4. The van der Waals surface area contributed by atoms with Gasteiger partial charge in [-0.25, -0.2) is 0 Å². The van der Waals surface area contributed by atoms with Gasteiger partial charge in [0.1, 0.15) is 0 Å². The highest BCUT2D eigenvalue weighted by Crippen LogP contribution is 2.23. The largest absolute Gasteiger partial charge is 0.390 e. The van der Waals surface area contributed by atoms with Crippen molar-refractivity contribution in [3.63, 3.8) is 0 Å². The van der Waals surface area contributed by atoms with Crippen molar-refractivity contribution in [1.29, 1.82) is 0 Å². The predicted octanol–water partition coefficient (Wildman–Crippen LogP) is 2.49. The molecule has 1 saturated heterocycles. The minimum absolute atomic E-state index is 0.0351. The number of benzene rings is 2. The van der Waals surface area contributed by atoms with Crippen molar-refractivity contribution in [3.05, 3.63) is 71.8 Å². The molecule has 6 heteroatoms. The molecule has 4 N–H and O–H groups in total. The fraction of sp³-hybridized carbons (Fsp3) is 0.500. The lowest BCUT2D eigenvalue weighted by molar-refractivity contribution is -0.127. The summed E-state index contributed by atoms with van der Waals surface area (Å²) in [5.74, 6) is -0.0351. The summed E-state index contributed by atoms with van der Waals surface area (Å²) in [6, 6.07) is 19.2. The zero-order chi connectivity index (χ0) is 23.1. The lowest BCUT2D eigenvalue weighted by Gasteiger charge is -2.30. The molecular formula is C26H37N3O3. The molecule has 2 aromatic carbocycles. The van der Waals surface area contributed by atoms with Crippen LogP contribution in [0.2, 0.25) is 0 Å². The van der Waals surface area contributed by atoms with Gasteiger partial charge in [0, 0.05) is 24.7 Å². The smallest absolute Gasteiger partial charge is 0.237 e. The number of amides is 1. The van der Waals surface area contributed by atoms with Gasteiger partial charge >= 0.3 is 0 Å². The molecular weight excluding hydrogens is 402 g/mol. The number of carbonyl (C=O) groups is 1. The molecule has 6 nitrogen and oxygen atoms in total. The predicted molar refractivity (Wildman–Crippen MR) is 127 cm³/mol. The van der Waals surface area contributed by atoms with Crippen LogP contribution in [-0.4, -0.2) is 58.8 Å². The first-order valence-electron chi connectivity index (χ1n) is 11.4. The van der Waals surface area contributed by atoms with Crippen LogP contribution < -0.4 is 11.1 Å². The fourth-order valence-electron chi connectivity index (χ4n) is 4.10. The Morgan fingerprint density at radius 1 is 1.12 bits per heavy atom. The van der Waals surface area contributed by atoms with Gasteiger partial charge < -0.3 is 20.9 Å². The second-order valence-corrected chi connectivity index (χ2v) is 9.78. The summed E-state index contributed by atoms with van der Waals surface area (Å²) < 4.78 is 6.13. The van der Waals surface area contributed by atoms with Gasteiger partial charge in [-0.2, -0.15) is 0 Å². The summed E-state index contributed by atoms with van der Waals surface area (Å²) in [5.41, 5.74) is 8.18. The highest BCUT2D eigenvalue weighted by atomic mass is 16.5. The van der Waals surface area contributed by atoms with Crippen molar-refractivity contribution in [2.24, 2.45) is 5.73 Å². The zero-order valence-electron chi connectivity index (χ0n) is 19.4. The van der Waals surface area contributed by atoms with Crippen LogP contribution in [0.1, 0.15) is 38.3 Å². The normalized spacial score (nSPS) is 21.3. The van der Waals surface area contributed by atoms with Crippen LogP contribution >= 0.6 is 0 Å². The maximum atomic E-state index is 13.0. The number of likely N-dealkylation sites (tertiary alicyclic amines) is 1. The monoisotopic (exact) mass is 439 g/mol. The zero-order valence-corrected chi connectivity index (χ0v) is 19.4. The van der Waals surface area contributed by atoms with Crippen LogP contribution in [0.4, 0.5) is 0 Å². The Morgan fingerprint density at radius 2 is 1.72 bits per heavy atom. The Labute approximate surface area is 191 Å². The first-order valence-corrected chi connectivity index (χ1v) is 11.4. The van der Waals surface area contributed by atoms with Crippen molar-refractivity contribution in [1.82, 2.24) is 10.2 Å². The molecule has 0 aliphatic carbocycles. The lowest BCUT2D eigenvalue weighted by atomic mass is 10.0. The van der Waals surface area contributed by atoms with E-state index in [0.717, 1.165) is 11.1 Å². The minimum atomic E-state index is -0.743. The lowest BCUT2D eigenvalue weighted by Crippen LogP contribution is -2.53. The Kier molecular flexibility index (Phi) is 8.43. The van der Waals surface area contributed by atoms with Crippen molar-refractivity contribution >= 4 is 5.91 Å². The van der Waals surface area contributed by atoms with E-state index < -0.39 is 12.1 Å². The van der Waals surface area contributed by atoms with Crippen LogP contribution in [0.5, 0.6) is 0 Å². The average molecular weight is 440 g/mol. The number of β-amino-alcohol motifs (C(OH)–C–C–N with tert-alkyl or cyclic N) is 1. The summed E-state index contributed by atoms with van der Waals surface area (Å²) in [6.07, 6.45) is 0.356. The Morgan fingerprint density at radius 3 is 2.31 bits per heavy atom. The third-order valence-electron chi connectivity index (χ3n) is 5.72. The Hall–Kier alpha value is -2.25. The number of carbonyl (C=O) groups excluding carboxylic acids is 1. The molecule has 2 aromatic rings. The molecule has 1 amide bonds. The Balaban J connectivity index is 1.63.